The number of hydrogen-bond acceptors (Lipinski definition) is 5. The molecule has 0 fully saturated rings. The number of ether oxygens (including phenoxy) is 2. The highest BCUT2D eigenvalue weighted by Gasteiger charge is 2.42. The number of Topliss-reactive ketones (excluding diaryl/α,β-unsaturated/α-hetero) is 1. The van der Waals surface area contributed by atoms with Crippen molar-refractivity contribution in [2.45, 2.75) is 25.2 Å². The van der Waals surface area contributed by atoms with E-state index >= 15 is 0 Å². The fourth-order valence-corrected chi connectivity index (χ4v) is 5.07. The second kappa shape index (κ2) is 7.92. The first-order valence-corrected chi connectivity index (χ1v) is 11.1. The van der Waals surface area contributed by atoms with E-state index in [-0.39, 0.29) is 18.4 Å². The number of ketones is 1. The van der Waals surface area contributed by atoms with Crippen LogP contribution in [0.3, 0.4) is 0 Å². The summed E-state index contributed by atoms with van der Waals surface area (Å²) in [6, 6.07) is 17.9. The van der Waals surface area contributed by atoms with Gasteiger partial charge in [-0.15, -0.1) is 0 Å². The summed E-state index contributed by atoms with van der Waals surface area (Å²) in [7, 11) is 0. The Labute approximate surface area is 195 Å². The van der Waals surface area contributed by atoms with Crippen LogP contribution in [0.25, 0.3) is 5.82 Å². The molecule has 7 heteroatoms. The lowest BCUT2D eigenvalue weighted by Crippen LogP contribution is -2.36. The quantitative estimate of drug-likeness (QED) is 0.534. The summed E-state index contributed by atoms with van der Waals surface area (Å²) in [6.45, 7) is 0.143. The molecular formula is C27H20FN3O3. The Morgan fingerprint density at radius 2 is 1.76 bits per heavy atom. The Kier molecular flexibility index (Phi) is 4.73. The van der Waals surface area contributed by atoms with Crippen molar-refractivity contribution in [3.8, 4) is 17.6 Å². The van der Waals surface area contributed by atoms with Crippen LogP contribution in [0, 0.1) is 17.1 Å². The van der Waals surface area contributed by atoms with Gasteiger partial charge in [-0.25, -0.2) is 4.39 Å². The molecule has 6 rings (SSSR count). The topological polar surface area (TPSA) is 67.5 Å². The molecule has 1 aromatic heterocycles. The Hall–Kier alpha value is -4.31. The van der Waals surface area contributed by atoms with Crippen molar-refractivity contribution in [2.75, 3.05) is 11.7 Å². The van der Waals surface area contributed by atoms with Gasteiger partial charge < -0.3 is 14.0 Å². The predicted octanol–water partition coefficient (Wildman–Crippen LogP) is 5.36. The molecular weight excluding hydrogens is 433 g/mol. The number of carbonyl (C=O) groups is 1. The van der Waals surface area contributed by atoms with E-state index in [9.17, 15) is 14.4 Å². The summed E-state index contributed by atoms with van der Waals surface area (Å²) in [5, 5.41) is 10.5. The standard InChI is InChI=1S/C27H20FN3O3/c28-18-7-9-19(10-8-18)31-21-4-3-5-22(32)26(21)25(17-6-11-23-24(14-17)34-16-33-23)20(15-29)27(31)30-12-1-2-13-30/h1-2,6-14,25H,3-5,16H2/t25-/m1/s1. The molecule has 2 aromatic carbocycles. The number of benzene rings is 2. The number of nitriles is 1. The van der Waals surface area contributed by atoms with Crippen LogP contribution in [0.2, 0.25) is 0 Å². The Morgan fingerprint density at radius 1 is 1.00 bits per heavy atom. The molecule has 0 bridgehead atoms. The predicted molar refractivity (Wildman–Crippen MR) is 123 cm³/mol. The summed E-state index contributed by atoms with van der Waals surface area (Å²) >= 11 is 0. The second-order valence-electron chi connectivity index (χ2n) is 8.43. The van der Waals surface area contributed by atoms with Crippen LogP contribution in [0.5, 0.6) is 11.5 Å². The van der Waals surface area contributed by atoms with Crippen molar-refractivity contribution >= 4 is 17.3 Å². The molecule has 168 valence electrons. The Morgan fingerprint density at radius 3 is 2.53 bits per heavy atom. The van der Waals surface area contributed by atoms with Crippen molar-refractivity contribution in [1.82, 2.24) is 4.57 Å². The lowest BCUT2D eigenvalue weighted by Gasteiger charge is -2.41. The van der Waals surface area contributed by atoms with E-state index in [1.807, 2.05) is 52.2 Å². The monoisotopic (exact) mass is 453 g/mol. The number of carbonyl (C=O) groups excluding carboxylic acids is 1. The van der Waals surface area contributed by atoms with Gasteiger partial charge in [0.15, 0.2) is 17.3 Å². The average molecular weight is 453 g/mol. The maximum absolute atomic E-state index is 13.8. The zero-order chi connectivity index (χ0) is 23.2. The number of allylic oxidation sites excluding steroid dienone is 3. The molecule has 0 N–H and O–H groups in total. The van der Waals surface area contributed by atoms with Gasteiger partial charge in [0.05, 0.1) is 17.6 Å². The van der Waals surface area contributed by atoms with Crippen LogP contribution < -0.4 is 14.4 Å². The number of anilines is 1. The lowest BCUT2D eigenvalue weighted by atomic mass is 9.75. The van der Waals surface area contributed by atoms with Crippen molar-refractivity contribution < 1.29 is 18.7 Å². The number of hydrogen-bond donors (Lipinski definition) is 0. The molecule has 3 heterocycles. The minimum Gasteiger partial charge on any atom is -0.454 e. The number of halogens is 1. The fraction of sp³-hybridized carbons (Fsp3) is 0.185. The molecule has 0 spiro atoms. The largest absolute Gasteiger partial charge is 0.454 e. The summed E-state index contributed by atoms with van der Waals surface area (Å²) in [5.41, 5.74) is 3.39. The third-order valence-corrected chi connectivity index (χ3v) is 6.51. The number of nitrogens with zero attached hydrogens (tertiary/aromatic N) is 3. The van der Waals surface area contributed by atoms with Crippen LogP contribution in [0.4, 0.5) is 10.1 Å². The van der Waals surface area contributed by atoms with Crippen molar-refractivity contribution in [3.05, 3.63) is 95.2 Å². The molecule has 0 saturated carbocycles. The Bertz CT molecular complexity index is 1400. The minimum atomic E-state index is -0.545. The molecule has 0 amide bonds. The first kappa shape index (κ1) is 20.3. The van der Waals surface area contributed by atoms with E-state index in [2.05, 4.69) is 6.07 Å². The molecule has 0 radical (unpaired) electrons. The van der Waals surface area contributed by atoms with Crippen LogP contribution in [-0.4, -0.2) is 17.1 Å². The number of rotatable bonds is 3. The maximum atomic E-state index is 13.8. The van der Waals surface area contributed by atoms with Crippen molar-refractivity contribution in [1.29, 1.82) is 5.26 Å². The summed E-state index contributed by atoms with van der Waals surface area (Å²) < 4.78 is 26.7. The van der Waals surface area contributed by atoms with Gasteiger partial charge in [0.1, 0.15) is 11.6 Å². The first-order chi connectivity index (χ1) is 16.7. The van der Waals surface area contributed by atoms with Gasteiger partial charge in [0, 0.05) is 35.8 Å². The third kappa shape index (κ3) is 3.11. The highest BCUT2D eigenvalue weighted by molar-refractivity contribution is 6.03. The van der Waals surface area contributed by atoms with Crippen LogP contribution in [-0.2, 0) is 4.79 Å². The average Bonchev–Trinajstić information content (AvgIpc) is 3.55. The van der Waals surface area contributed by atoms with E-state index in [0.29, 0.717) is 53.4 Å². The smallest absolute Gasteiger partial charge is 0.231 e. The van der Waals surface area contributed by atoms with E-state index < -0.39 is 5.92 Å². The van der Waals surface area contributed by atoms with Crippen LogP contribution in [0.15, 0.2) is 83.8 Å². The van der Waals surface area contributed by atoms with Crippen molar-refractivity contribution in [3.63, 3.8) is 0 Å². The van der Waals surface area contributed by atoms with Gasteiger partial charge >= 0.3 is 0 Å². The molecule has 34 heavy (non-hydrogen) atoms. The van der Waals surface area contributed by atoms with Gasteiger partial charge in [0.25, 0.3) is 0 Å². The fourth-order valence-electron chi connectivity index (χ4n) is 5.07. The minimum absolute atomic E-state index is 0.0235. The number of aromatic nitrogens is 1. The first-order valence-electron chi connectivity index (χ1n) is 11.1. The van der Waals surface area contributed by atoms with Crippen LogP contribution in [0.1, 0.15) is 30.7 Å². The van der Waals surface area contributed by atoms with Gasteiger partial charge in [-0.2, -0.15) is 5.26 Å². The highest BCUT2D eigenvalue weighted by Crippen LogP contribution is 2.49. The van der Waals surface area contributed by atoms with E-state index in [4.69, 9.17) is 9.47 Å². The summed E-state index contributed by atoms with van der Waals surface area (Å²) in [5.74, 6) is 1.01. The molecule has 3 aromatic rings. The summed E-state index contributed by atoms with van der Waals surface area (Å²) in [6.07, 6.45) is 5.55. The lowest BCUT2D eigenvalue weighted by molar-refractivity contribution is -0.116. The van der Waals surface area contributed by atoms with E-state index in [1.54, 1.807) is 12.1 Å². The molecule has 6 nitrogen and oxygen atoms in total. The molecule has 2 aliphatic heterocycles. The third-order valence-electron chi connectivity index (χ3n) is 6.51. The molecule has 1 atom stereocenters. The molecule has 3 aliphatic rings. The van der Waals surface area contributed by atoms with Gasteiger partial charge in [-0.1, -0.05) is 6.07 Å². The number of fused-ring (bicyclic) bond motifs is 1. The molecule has 0 unspecified atom stereocenters. The van der Waals surface area contributed by atoms with Gasteiger partial charge in [-0.3, -0.25) is 9.69 Å². The SMILES string of the molecule is N#CC1=C(n2cccc2)N(c2ccc(F)cc2)C2=C(C(=O)CCC2)[C@@H]1c1ccc2c(c1)OCO2. The Balaban J connectivity index is 1.64. The zero-order valence-corrected chi connectivity index (χ0v) is 18.2. The summed E-state index contributed by atoms with van der Waals surface area (Å²) in [4.78, 5) is 15.3. The van der Waals surface area contributed by atoms with Crippen molar-refractivity contribution in [2.24, 2.45) is 0 Å². The van der Waals surface area contributed by atoms with E-state index in [0.717, 1.165) is 11.3 Å². The molecule has 0 saturated heterocycles. The maximum Gasteiger partial charge on any atom is 0.231 e. The van der Waals surface area contributed by atoms with Crippen LogP contribution >= 0.6 is 0 Å². The van der Waals surface area contributed by atoms with Gasteiger partial charge in [0.2, 0.25) is 6.79 Å². The zero-order valence-electron chi connectivity index (χ0n) is 18.2. The molecule has 1 aliphatic carbocycles. The van der Waals surface area contributed by atoms with E-state index in [1.165, 1.54) is 12.1 Å². The second-order valence-corrected chi connectivity index (χ2v) is 8.43. The van der Waals surface area contributed by atoms with Gasteiger partial charge in [-0.05, 0) is 66.9 Å². The normalized spacial score (nSPS) is 19.4. The highest BCUT2D eigenvalue weighted by atomic mass is 19.1.